The molecule has 0 bridgehead atoms. The van der Waals surface area contributed by atoms with E-state index in [-0.39, 0.29) is 36.5 Å². The van der Waals surface area contributed by atoms with Crippen LogP contribution in [0.5, 0.6) is 0 Å². The molecule has 0 radical (unpaired) electrons. The standard InChI is InChI=1S/C19H26O6/c1-12-13(2)18(24-15(4)21)19(25-17(12)11-22-14(3)20)23-10-16-8-6-5-7-9-16/h5-9,12-13,17-19H,10-11H2,1-4H3/t12-,13?,17?,18-,19+/m0/s1. The van der Waals surface area contributed by atoms with Crippen LogP contribution in [-0.2, 0) is 35.1 Å². The molecule has 2 unspecified atom stereocenters. The fourth-order valence-corrected chi connectivity index (χ4v) is 2.89. The van der Waals surface area contributed by atoms with Crippen LogP contribution in [0, 0.1) is 11.8 Å². The largest absolute Gasteiger partial charge is 0.463 e. The summed E-state index contributed by atoms with van der Waals surface area (Å²) in [7, 11) is 0. The van der Waals surface area contributed by atoms with Gasteiger partial charge in [0, 0.05) is 19.8 Å². The van der Waals surface area contributed by atoms with Crippen molar-refractivity contribution >= 4 is 11.9 Å². The van der Waals surface area contributed by atoms with Crippen LogP contribution in [0.3, 0.4) is 0 Å². The second-order valence-electron chi connectivity index (χ2n) is 6.43. The van der Waals surface area contributed by atoms with Gasteiger partial charge in [-0.05, 0) is 11.5 Å². The molecule has 6 heteroatoms. The van der Waals surface area contributed by atoms with Gasteiger partial charge in [-0.3, -0.25) is 9.59 Å². The topological polar surface area (TPSA) is 71.1 Å². The molecule has 1 aromatic rings. The van der Waals surface area contributed by atoms with Gasteiger partial charge in [-0.2, -0.15) is 0 Å². The Labute approximate surface area is 148 Å². The average Bonchev–Trinajstić information content (AvgIpc) is 2.58. The Kier molecular flexibility index (Phi) is 6.96. The lowest BCUT2D eigenvalue weighted by molar-refractivity contribution is -0.283. The van der Waals surface area contributed by atoms with E-state index in [9.17, 15) is 9.59 Å². The molecular weight excluding hydrogens is 324 g/mol. The molecule has 1 heterocycles. The summed E-state index contributed by atoms with van der Waals surface area (Å²) >= 11 is 0. The average molecular weight is 350 g/mol. The van der Waals surface area contributed by atoms with Crippen LogP contribution < -0.4 is 0 Å². The third-order valence-electron chi connectivity index (χ3n) is 4.52. The fraction of sp³-hybridized carbons (Fsp3) is 0.579. The van der Waals surface area contributed by atoms with E-state index in [0.717, 1.165) is 5.56 Å². The van der Waals surface area contributed by atoms with E-state index in [4.69, 9.17) is 18.9 Å². The van der Waals surface area contributed by atoms with Crippen molar-refractivity contribution in [3.63, 3.8) is 0 Å². The molecule has 1 aromatic carbocycles. The van der Waals surface area contributed by atoms with Crippen molar-refractivity contribution in [1.29, 1.82) is 0 Å². The number of esters is 2. The Hall–Kier alpha value is -1.92. The van der Waals surface area contributed by atoms with Gasteiger partial charge in [0.15, 0.2) is 12.4 Å². The number of ether oxygens (including phenoxy) is 4. The molecular formula is C19H26O6. The minimum Gasteiger partial charge on any atom is -0.463 e. The van der Waals surface area contributed by atoms with Crippen molar-refractivity contribution in [3.05, 3.63) is 35.9 Å². The minimum absolute atomic E-state index is 0.000943. The monoisotopic (exact) mass is 350 g/mol. The van der Waals surface area contributed by atoms with Gasteiger partial charge in [0.05, 0.1) is 12.7 Å². The van der Waals surface area contributed by atoms with Crippen LogP contribution in [0.1, 0.15) is 33.3 Å². The lowest BCUT2D eigenvalue weighted by Gasteiger charge is -2.43. The summed E-state index contributed by atoms with van der Waals surface area (Å²) in [6, 6.07) is 9.69. The van der Waals surface area contributed by atoms with Crippen molar-refractivity contribution in [3.8, 4) is 0 Å². The molecule has 0 N–H and O–H groups in total. The number of carbonyl (C=O) groups is 2. The molecule has 1 aliphatic rings. The van der Waals surface area contributed by atoms with Crippen LogP contribution in [0.15, 0.2) is 30.3 Å². The van der Waals surface area contributed by atoms with E-state index < -0.39 is 12.4 Å². The molecule has 2 rings (SSSR count). The summed E-state index contributed by atoms with van der Waals surface area (Å²) in [6.45, 7) is 7.20. The summed E-state index contributed by atoms with van der Waals surface area (Å²) < 4.78 is 22.4. The molecule has 1 saturated heterocycles. The highest BCUT2D eigenvalue weighted by atomic mass is 16.7. The first kappa shape index (κ1) is 19.4. The van der Waals surface area contributed by atoms with Crippen molar-refractivity contribution in [2.24, 2.45) is 11.8 Å². The molecule has 5 atom stereocenters. The lowest BCUT2D eigenvalue weighted by atomic mass is 9.83. The molecule has 0 amide bonds. The van der Waals surface area contributed by atoms with Crippen molar-refractivity contribution in [2.45, 2.75) is 52.8 Å². The highest BCUT2D eigenvalue weighted by Crippen LogP contribution is 2.34. The van der Waals surface area contributed by atoms with Crippen LogP contribution in [-0.4, -0.2) is 37.0 Å². The minimum atomic E-state index is -0.712. The molecule has 0 spiro atoms. The van der Waals surface area contributed by atoms with E-state index in [0.29, 0.717) is 6.61 Å². The summed E-state index contributed by atoms with van der Waals surface area (Å²) in [5, 5.41) is 0. The maximum Gasteiger partial charge on any atom is 0.303 e. The number of hydrogen-bond donors (Lipinski definition) is 0. The highest BCUT2D eigenvalue weighted by molar-refractivity contribution is 5.66. The van der Waals surface area contributed by atoms with Crippen LogP contribution in [0.2, 0.25) is 0 Å². The summed E-state index contributed by atoms with van der Waals surface area (Å²) in [5.41, 5.74) is 0.996. The maximum absolute atomic E-state index is 11.5. The van der Waals surface area contributed by atoms with Gasteiger partial charge in [0.2, 0.25) is 0 Å². The van der Waals surface area contributed by atoms with E-state index >= 15 is 0 Å². The number of hydrogen-bond acceptors (Lipinski definition) is 6. The summed E-state index contributed by atoms with van der Waals surface area (Å²) in [6.07, 6.45) is -1.54. The molecule has 0 aliphatic carbocycles. The Morgan fingerprint density at radius 1 is 1.04 bits per heavy atom. The summed E-state index contributed by atoms with van der Waals surface area (Å²) in [4.78, 5) is 22.6. The first-order valence-corrected chi connectivity index (χ1v) is 8.50. The molecule has 0 aromatic heterocycles. The van der Waals surface area contributed by atoms with Gasteiger partial charge < -0.3 is 18.9 Å². The van der Waals surface area contributed by atoms with E-state index in [1.807, 2.05) is 44.2 Å². The van der Waals surface area contributed by atoms with Crippen molar-refractivity contribution in [1.82, 2.24) is 0 Å². The number of benzene rings is 1. The third kappa shape index (κ3) is 5.54. The van der Waals surface area contributed by atoms with Crippen LogP contribution >= 0.6 is 0 Å². The van der Waals surface area contributed by atoms with Crippen LogP contribution in [0.25, 0.3) is 0 Å². The second-order valence-corrected chi connectivity index (χ2v) is 6.43. The van der Waals surface area contributed by atoms with E-state index in [2.05, 4.69) is 0 Å². The van der Waals surface area contributed by atoms with E-state index in [1.165, 1.54) is 13.8 Å². The third-order valence-corrected chi connectivity index (χ3v) is 4.52. The zero-order valence-electron chi connectivity index (χ0n) is 15.1. The molecule has 1 aliphatic heterocycles. The van der Waals surface area contributed by atoms with E-state index in [1.54, 1.807) is 0 Å². The van der Waals surface area contributed by atoms with Gasteiger partial charge in [-0.25, -0.2) is 0 Å². The van der Waals surface area contributed by atoms with Gasteiger partial charge in [0.25, 0.3) is 0 Å². The quantitative estimate of drug-likeness (QED) is 0.735. The Morgan fingerprint density at radius 2 is 1.72 bits per heavy atom. The highest BCUT2D eigenvalue weighted by Gasteiger charge is 2.44. The molecule has 25 heavy (non-hydrogen) atoms. The van der Waals surface area contributed by atoms with Crippen molar-refractivity contribution in [2.75, 3.05) is 6.61 Å². The fourth-order valence-electron chi connectivity index (χ4n) is 2.89. The Bertz CT molecular complexity index is 571. The predicted molar refractivity (Wildman–Crippen MR) is 90.4 cm³/mol. The first-order chi connectivity index (χ1) is 11.9. The maximum atomic E-state index is 11.5. The predicted octanol–water partition coefficient (Wildman–Crippen LogP) is 2.70. The Balaban J connectivity index is 2.08. The number of rotatable bonds is 6. The van der Waals surface area contributed by atoms with Gasteiger partial charge in [0.1, 0.15) is 6.61 Å². The first-order valence-electron chi connectivity index (χ1n) is 8.50. The lowest BCUT2D eigenvalue weighted by Crippen LogP contribution is -2.53. The molecule has 1 fully saturated rings. The summed E-state index contributed by atoms with van der Waals surface area (Å²) in [5.74, 6) is -0.689. The SMILES string of the molecule is CC(=O)OCC1O[C@@H](OCc2ccccc2)[C@@H](OC(C)=O)C(C)[C@@H]1C. The van der Waals surface area contributed by atoms with Crippen LogP contribution in [0.4, 0.5) is 0 Å². The normalized spacial score (nSPS) is 29.0. The van der Waals surface area contributed by atoms with Gasteiger partial charge >= 0.3 is 11.9 Å². The zero-order valence-corrected chi connectivity index (χ0v) is 15.1. The molecule has 0 saturated carbocycles. The van der Waals surface area contributed by atoms with Gasteiger partial charge in [-0.15, -0.1) is 0 Å². The molecule has 6 nitrogen and oxygen atoms in total. The van der Waals surface area contributed by atoms with Gasteiger partial charge in [-0.1, -0.05) is 44.2 Å². The second kappa shape index (κ2) is 8.97. The smallest absolute Gasteiger partial charge is 0.303 e. The van der Waals surface area contributed by atoms with Crippen molar-refractivity contribution < 1.29 is 28.5 Å². The number of carbonyl (C=O) groups excluding carboxylic acids is 2. The molecule has 138 valence electrons. The zero-order chi connectivity index (χ0) is 18.4. The Morgan fingerprint density at radius 3 is 2.32 bits per heavy atom.